The normalized spacial score (nSPS) is 34.8. The fourth-order valence-corrected chi connectivity index (χ4v) is 2.10. The van der Waals surface area contributed by atoms with Crippen molar-refractivity contribution >= 4 is 0 Å². The lowest BCUT2D eigenvalue weighted by atomic mass is 9.66. The molecule has 0 aromatic rings. The first kappa shape index (κ1) is 10.0. The van der Waals surface area contributed by atoms with Gasteiger partial charge in [0, 0.05) is 5.54 Å². The maximum absolute atomic E-state index is 6.08. The molecule has 12 heavy (non-hydrogen) atoms. The predicted molar refractivity (Wildman–Crippen MR) is 54.1 cm³/mol. The van der Waals surface area contributed by atoms with Crippen LogP contribution in [0.4, 0.5) is 0 Å². The lowest BCUT2D eigenvalue weighted by molar-refractivity contribution is 0.134. The van der Waals surface area contributed by atoms with E-state index in [2.05, 4.69) is 13.8 Å². The van der Waals surface area contributed by atoms with Crippen LogP contribution < -0.4 is 5.73 Å². The topological polar surface area (TPSA) is 26.0 Å². The summed E-state index contributed by atoms with van der Waals surface area (Å²) in [5.74, 6) is 0.828. The van der Waals surface area contributed by atoms with Gasteiger partial charge < -0.3 is 5.73 Å². The Bertz CT molecular complexity index is 129. The van der Waals surface area contributed by atoms with E-state index in [4.69, 9.17) is 5.73 Å². The molecule has 0 aromatic heterocycles. The van der Waals surface area contributed by atoms with Crippen molar-refractivity contribution in [1.29, 1.82) is 0 Å². The molecule has 2 atom stereocenters. The average Bonchev–Trinajstić information content (AvgIpc) is 2.02. The molecule has 0 bridgehead atoms. The van der Waals surface area contributed by atoms with Gasteiger partial charge in [0.05, 0.1) is 0 Å². The van der Waals surface area contributed by atoms with E-state index in [-0.39, 0.29) is 5.54 Å². The van der Waals surface area contributed by atoms with Gasteiger partial charge in [0.15, 0.2) is 0 Å². The van der Waals surface area contributed by atoms with Gasteiger partial charge in [-0.2, -0.15) is 0 Å². The first-order valence-electron chi connectivity index (χ1n) is 5.45. The molecule has 1 aliphatic carbocycles. The van der Waals surface area contributed by atoms with E-state index in [1.54, 1.807) is 0 Å². The van der Waals surface area contributed by atoms with Crippen molar-refractivity contribution in [3.8, 4) is 0 Å². The third-order valence-corrected chi connectivity index (χ3v) is 3.37. The Morgan fingerprint density at radius 3 is 2.50 bits per heavy atom. The zero-order valence-electron chi connectivity index (χ0n) is 8.60. The van der Waals surface area contributed by atoms with Crippen LogP contribution in [0, 0.1) is 5.92 Å². The molecule has 1 fully saturated rings. The van der Waals surface area contributed by atoms with Crippen LogP contribution in [0.2, 0.25) is 0 Å². The summed E-state index contributed by atoms with van der Waals surface area (Å²) in [6, 6.07) is 0. The molecule has 1 heteroatoms. The molecule has 0 heterocycles. The maximum atomic E-state index is 6.08. The summed E-state index contributed by atoms with van der Waals surface area (Å²) in [7, 11) is 0. The smallest absolute Gasteiger partial charge is 0.0154 e. The minimum Gasteiger partial charge on any atom is -0.325 e. The van der Waals surface area contributed by atoms with Crippen LogP contribution in [-0.4, -0.2) is 5.54 Å². The molecule has 1 saturated carbocycles. The van der Waals surface area contributed by atoms with Crippen molar-refractivity contribution in [2.75, 3.05) is 0 Å². The minimum absolute atomic E-state index is 0.187. The van der Waals surface area contributed by atoms with Crippen LogP contribution in [0.5, 0.6) is 0 Å². The van der Waals surface area contributed by atoms with Gasteiger partial charge in [-0.25, -0.2) is 0 Å². The molecular weight excluding hydrogens is 146 g/mol. The van der Waals surface area contributed by atoms with Gasteiger partial charge in [-0.1, -0.05) is 32.6 Å². The maximum Gasteiger partial charge on any atom is 0.0154 e. The van der Waals surface area contributed by atoms with Crippen LogP contribution >= 0.6 is 0 Å². The summed E-state index contributed by atoms with van der Waals surface area (Å²) < 4.78 is 0. The van der Waals surface area contributed by atoms with Gasteiger partial charge >= 0.3 is 0 Å². The molecule has 0 spiro atoms. The molecule has 2 unspecified atom stereocenters. The third kappa shape index (κ3) is 2.48. The quantitative estimate of drug-likeness (QED) is 0.629. The Hall–Kier alpha value is -0.0400. The average molecular weight is 169 g/mol. The molecule has 0 aromatic carbocycles. The van der Waals surface area contributed by atoms with E-state index in [9.17, 15) is 0 Å². The van der Waals surface area contributed by atoms with Crippen molar-refractivity contribution < 1.29 is 0 Å². The van der Waals surface area contributed by atoms with Crippen LogP contribution in [-0.2, 0) is 0 Å². The molecule has 1 nitrogen and oxygen atoms in total. The molecule has 1 rings (SSSR count). The first-order chi connectivity index (χ1) is 5.67. The highest BCUT2D eigenvalue weighted by atomic mass is 14.8. The zero-order valence-corrected chi connectivity index (χ0v) is 8.60. The van der Waals surface area contributed by atoms with Crippen LogP contribution in [0.1, 0.15) is 58.8 Å². The van der Waals surface area contributed by atoms with Crippen molar-refractivity contribution in [2.24, 2.45) is 11.7 Å². The van der Waals surface area contributed by atoms with E-state index in [1.807, 2.05) is 0 Å². The predicted octanol–water partition coefficient (Wildman–Crippen LogP) is 3.08. The molecule has 1 aliphatic rings. The van der Waals surface area contributed by atoms with Crippen LogP contribution in [0.15, 0.2) is 0 Å². The lowest BCUT2D eigenvalue weighted by Crippen LogP contribution is -2.52. The number of unbranched alkanes of at least 4 members (excludes halogenated alkanes) is 3. The second kappa shape index (κ2) is 4.27. The Kier molecular flexibility index (Phi) is 3.57. The molecule has 72 valence electrons. The van der Waals surface area contributed by atoms with E-state index < -0.39 is 0 Å². The van der Waals surface area contributed by atoms with E-state index in [1.165, 1.54) is 44.9 Å². The highest BCUT2D eigenvalue weighted by Gasteiger charge is 2.37. The van der Waals surface area contributed by atoms with Crippen molar-refractivity contribution in [3.63, 3.8) is 0 Å². The van der Waals surface area contributed by atoms with Gasteiger partial charge in [-0.05, 0) is 32.1 Å². The van der Waals surface area contributed by atoms with Gasteiger partial charge in [-0.3, -0.25) is 0 Å². The standard InChI is InChI=1S/C11H23N/c1-3-4-5-6-7-10-8-9-11(10,2)12/h10H,3-9,12H2,1-2H3. The van der Waals surface area contributed by atoms with Gasteiger partial charge in [0.25, 0.3) is 0 Å². The van der Waals surface area contributed by atoms with Crippen LogP contribution in [0.25, 0.3) is 0 Å². The van der Waals surface area contributed by atoms with E-state index >= 15 is 0 Å². The molecule has 0 amide bonds. The number of rotatable bonds is 5. The third-order valence-electron chi connectivity index (χ3n) is 3.37. The van der Waals surface area contributed by atoms with E-state index in [0.29, 0.717) is 0 Å². The summed E-state index contributed by atoms with van der Waals surface area (Å²) in [5, 5.41) is 0. The highest BCUT2D eigenvalue weighted by Crippen LogP contribution is 2.39. The van der Waals surface area contributed by atoms with Crippen molar-refractivity contribution in [2.45, 2.75) is 64.3 Å². The monoisotopic (exact) mass is 169 g/mol. The van der Waals surface area contributed by atoms with E-state index in [0.717, 1.165) is 5.92 Å². The molecular formula is C11H23N. The number of nitrogens with two attached hydrogens (primary N) is 1. The fraction of sp³-hybridized carbons (Fsp3) is 1.00. The number of hydrogen-bond donors (Lipinski definition) is 1. The SMILES string of the molecule is CCCCCCC1CCC1(C)N. The molecule has 0 saturated heterocycles. The fourth-order valence-electron chi connectivity index (χ4n) is 2.10. The van der Waals surface area contributed by atoms with Crippen LogP contribution in [0.3, 0.4) is 0 Å². The number of hydrogen-bond acceptors (Lipinski definition) is 1. The zero-order chi connectivity index (χ0) is 9.03. The largest absolute Gasteiger partial charge is 0.325 e. The first-order valence-corrected chi connectivity index (χ1v) is 5.45. The Labute approximate surface area is 76.7 Å². The summed E-state index contributed by atoms with van der Waals surface area (Å²) in [4.78, 5) is 0. The Morgan fingerprint density at radius 2 is 2.08 bits per heavy atom. The molecule has 0 radical (unpaired) electrons. The summed E-state index contributed by atoms with van der Waals surface area (Å²) in [6.07, 6.45) is 9.52. The van der Waals surface area contributed by atoms with Gasteiger partial charge in [0.1, 0.15) is 0 Å². The van der Waals surface area contributed by atoms with Gasteiger partial charge in [-0.15, -0.1) is 0 Å². The Morgan fingerprint density at radius 1 is 1.33 bits per heavy atom. The van der Waals surface area contributed by atoms with Gasteiger partial charge in [0.2, 0.25) is 0 Å². The second-order valence-electron chi connectivity index (χ2n) is 4.59. The molecule has 2 N–H and O–H groups in total. The minimum atomic E-state index is 0.187. The summed E-state index contributed by atoms with van der Waals surface area (Å²) >= 11 is 0. The van der Waals surface area contributed by atoms with Crippen molar-refractivity contribution in [3.05, 3.63) is 0 Å². The Balaban J connectivity index is 2.01. The lowest BCUT2D eigenvalue weighted by Gasteiger charge is -2.44. The summed E-state index contributed by atoms with van der Waals surface area (Å²) in [6.45, 7) is 4.47. The highest BCUT2D eigenvalue weighted by molar-refractivity contribution is 4.96. The second-order valence-corrected chi connectivity index (χ2v) is 4.59. The summed E-state index contributed by atoms with van der Waals surface area (Å²) in [5.41, 5.74) is 6.27. The molecule has 0 aliphatic heterocycles. The van der Waals surface area contributed by atoms with Crippen molar-refractivity contribution in [1.82, 2.24) is 0 Å².